The summed E-state index contributed by atoms with van der Waals surface area (Å²) in [5.41, 5.74) is 1.85. The zero-order valence-electron chi connectivity index (χ0n) is 13.3. The van der Waals surface area contributed by atoms with Crippen LogP contribution in [0, 0.1) is 6.92 Å². The van der Waals surface area contributed by atoms with Crippen molar-refractivity contribution in [3.05, 3.63) is 53.3 Å². The van der Waals surface area contributed by atoms with Crippen LogP contribution in [0.3, 0.4) is 0 Å². The predicted molar refractivity (Wildman–Crippen MR) is 93.6 cm³/mol. The fourth-order valence-electron chi connectivity index (χ4n) is 2.06. The molecule has 0 saturated carbocycles. The molecule has 1 N–H and O–H groups in total. The van der Waals surface area contributed by atoms with E-state index >= 15 is 0 Å². The number of aromatic nitrogens is 3. The van der Waals surface area contributed by atoms with Crippen LogP contribution in [0.5, 0.6) is 0 Å². The lowest BCUT2D eigenvalue weighted by atomic mass is 10.3. The van der Waals surface area contributed by atoms with E-state index in [1.165, 1.54) is 11.3 Å². The van der Waals surface area contributed by atoms with Crippen molar-refractivity contribution >= 4 is 28.9 Å². The van der Waals surface area contributed by atoms with Gasteiger partial charge in [-0.2, -0.15) is 0 Å². The van der Waals surface area contributed by atoms with Crippen LogP contribution in [0.1, 0.15) is 22.3 Å². The van der Waals surface area contributed by atoms with Gasteiger partial charge in [-0.25, -0.2) is 19.7 Å². The second-order valence-electron chi connectivity index (χ2n) is 5.00. The first-order valence-electron chi connectivity index (χ1n) is 7.46. The smallest absolute Gasteiger partial charge is 0.367 e. The molecule has 0 aliphatic carbocycles. The van der Waals surface area contributed by atoms with Crippen molar-refractivity contribution in [2.45, 2.75) is 13.8 Å². The number of carbonyl (C=O) groups is 1. The second kappa shape index (κ2) is 7.18. The number of pyridine rings is 2. The Balaban J connectivity index is 1.81. The van der Waals surface area contributed by atoms with Crippen molar-refractivity contribution in [3.8, 4) is 10.6 Å². The molecule has 122 valence electrons. The second-order valence-corrected chi connectivity index (χ2v) is 6.03. The molecule has 0 saturated heterocycles. The molecule has 3 heterocycles. The predicted octanol–water partition coefficient (Wildman–Crippen LogP) is 3.83. The number of esters is 1. The number of aryl methyl sites for hydroxylation is 1. The summed E-state index contributed by atoms with van der Waals surface area (Å²) in [6, 6.07) is 9.51. The van der Waals surface area contributed by atoms with Crippen LogP contribution in [0.4, 0.5) is 11.6 Å². The quantitative estimate of drug-likeness (QED) is 0.711. The van der Waals surface area contributed by atoms with Gasteiger partial charge in [0.15, 0.2) is 0 Å². The third-order valence-corrected chi connectivity index (χ3v) is 4.13. The Bertz CT molecular complexity index is 863. The summed E-state index contributed by atoms with van der Waals surface area (Å²) >= 11 is 1.26. The molecule has 0 aromatic carbocycles. The fourth-order valence-corrected chi connectivity index (χ4v) is 2.84. The molecule has 3 aromatic rings. The van der Waals surface area contributed by atoms with Gasteiger partial charge in [-0.05, 0) is 43.7 Å². The molecule has 6 nitrogen and oxygen atoms in total. The van der Waals surface area contributed by atoms with E-state index in [9.17, 15) is 4.79 Å². The summed E-state index contributed by atoms with van der Waals surface area (Å²) in [6.07, 6.45) is 3.38. The number of nitrogens with one attached hydrogen (secondary N) is 1. The van der Waals surface area contributed by atoms with E-state index in [1.54, 1.807) is 19.3 Å². The summed E-state index contributed by atoms with van der Waals surface area (Å²) in [5, 5.41) is 3.50. The topological polar surface area (TPSA) is 77.0 Å². The minimum Gasteiger partial charge on any atom is -0.461 e. The Morgan fingerprint density at radius 3 is 2.92 bits per heavy atom. The number of rotatable bonds is 5. The highest BCUT2D eigenvalue weighted by molar-refractivity contribution is 7.16. The maximum atomic E-state index is 11.7. The van der Waals surface area contributed by atoms with Crippen molar-refractivity contribution in [1.29, 1.82) is 0 Å². The minimum atomic E-state index is -0.410. The fraction of sp³-hybridized carbons (Fsp3) is 0.176. The lowest BCUT2D eigenvalue weighted by Crippen LogP contribution is -2.03. The van der Waals surface area contributed by atoms with Crippen molar-refractivity contribution in [2.24, 2.45) is 0 Å². The van der Waals surface area contributed by atoms with Crippen molar-refractivity contribution in [2.75, 3.05) is 11.9 Å². The number of nitrogens with zero attached hydrogens (tertiary/aromatic N) is 3. The van der Waals surface area contributed by atoms with E-state index in [1.807, 2.05) is 37.3 Å². The maximum Gasteiger partial charge on any atom is 0.367 e. The van der Waals surface area contributed by atoms with Gasteiger partial charge in [-0.3, -0.25) is 0 Å². The molecule has 3 rings (SSSR count). The number of carbonyl (C=O) groups excluding carboxylic acids is 1. The molecular weight excluding hydrogens is 324 g/mol. The van der Waals surface area contributed by atoms with E-state index in [-0.39, 0.29) is 0 Å². The Morgan fingerprint density at radius 1 is 1.25 bits per heavy atom. The third-order valence-electron chi connectivity index (χ3n) is 3.13. The lowest BCUT2D eigenvalue weighted by molar-refractivity contribution is 0.0526. The van der Waals surface area contributed by atoms with Gasteiger partial charge in [0.2, 0.25) is 5.01 Å². The lowest BCUT2D eigenvalue weighted by Gasteiger charge is -2.06. The first-order valence-corrected chi connectivity index (χ1v) is 8.27. The molecule has 0 amide bonds. The van der Waals surface area contributed by atoms with E-state index in [0.717, 1.165) is 22.0 Å². The number of anilines is 2. The molecule has 24 heavy (non-hydrogen) atoms. The Kier molecular flexibility index (Phi) is 4.81. The molecule has 7 heteroatoms. The van der Waals surface area contributed by atoms with Gasteiger partial charge in [-0.1, -0.05) is 6.07 Å². The largest absolute Gasteiger partial charge is 0.461 e. The first kappa shape index (κ1) is 16.1. The molecule has 0 atom stereocenters. The number of hydrogen-bond donors (Lipinski definition) is 1. The molecule has 3 aromatic heterocycles. The van der Waals surface area contributed by atoms with Crippen LogP contribution in [-0.4, -0.2) is 27.5 Å². The maximum absolute atomic E-state index is 11.7. The van der Waals surface area contributed by atoms with Crippen LogP contribution in [0.2, 0.25) is 0 Å². The van der Waals surface area contributed by atoms with Gasteiger partial charge >= 0.3 is 5.97 Å². The summed E-state index contributed by atoms with van der Waals surface area (Å²) in [7, 11) is 0. The molecule has 0 spiro atoms. The number of ether oxygens (including phenoxy) is 1. The molecular formula is C17H16N4O2S. The number of thiazole rings is 1. The van der Waals surface area contributed by atoms with Gasteiger partial charge in [0.25, 0.3) is 0 Å². The van der Waals surface area contributed by atoms with E-state index in [4.69, 9.17) is 4.74 Å². The first-order chi connectivity index (χ1) is 11.7. The average molecular weight is 340 g/mol. The highest BCUT2D eigenvalue weighted by atomic mass is 32.1. The summed E-state index contributed by atoms with van der Waals surface area (Å²) < 4.78 is 4.96. The SMILES string of the molecule is CCOC(=O)c1ncc(-c2cccc(Nc3cc(C)ccn3)n2)s1. The van der Waals surface area contributed by atoms with Crippen LogP contribution < -0.4 is 5.32 Å². The molecule has 0 unspecified atom stereocenters. The standard InChI is InChI=1S/C17H16N4O2S/c1-3-23-17(22)16-19-10-13(24-16)12-5-4-6-14(20-12)21-15-9-11(2)7-8-18-15/h4-10H,3H2,1-2H3,(H,18,20,21). The van der Waals surface area contributed by atoms with Gasteiger partial charge in [0.05, 0.1) is 17.2 Å². The van der Waals surface area contributed by atoms with E-state index in [2.05, 4.69) is 20.3 Å². The van der Waals surface area contributed by atoms with Crippen LogP contribution >= 0.6 is 11.3 Å². The zero-order valence-corrected chi connectivity index (χ0v) is 14.1. The highest BCUT2D eigenvalue weighted by Crippen LogP contribution is 2.26. The summed E-state index contributed by atoms with van der Waals surface area (Å²) in [6.45, 7) is 4.10. The highest BCUT2D eigenvalue weighted by Gasteiger charge is 2.14. The van der Waals surface area contributed by atoms with Gasteiger partial charge in [0.1, 0.15) is 11.6 Å². The summed E-state index contributed by atoms with van der Waals surface area (Å²) in [5.74, 6) is 1.000. The van der Waals surface area contributed by atoms with E-state index in [0.29, 0.717) is 17.4 Å². The monoisotopic (exact) mass is 340 g/mol. The normalized spacial score (nSPS) is 10.4. The molecule has 0 bridgehead atoms. The molecule has 0 fully saturated rings. The van der Waals surface area contributed by atoms with Crippen molar-refractivity contribution < 1.29 is 9.53 Å². The average Bonchev–Trinajstić information content (AvgIpc) is 3.05. The Morgan fingerprint density at radius 2 is 2.12 bits per heavy atom. The van der Waals surface area contributed by atoms with Crippen molar-refractivity contribution in [1.82, 2.24) is 15.0 Å². The van der Waals surface area contributed by atoms with Crippen LogP contribution in [0.25, 0.3) is 10.6 Å². The van der Waals surface area contributed by atoms with Gasteiger partial charge in [0, 0.05) is 12.4 Å². The van der Waals surface area contributed by atoms with E-state index < -0.39 is 5.97 Å². The number of hydrogen-bond acceptors (Lipinski definition) is 7. The zero-order chi connectivity index (χ0) is 16.9. The van der Waals surface area contributed by atoms with Gasteiger partial charge in [-0.15, -0.1) is 11.3 Å². The molecule has 0 aliphatic rings. The Labute approximate surface area is 143 Å². The minimum absolute atomic E-state index is 0.326. The summed E-state index contributed by atoms with van der Waals surface area (Å²) in [4.78, 5) is 25.4. The molecule has 0 radical (unpaired) electrons. The van der Waals surface area contributed by atoms with Gasteiger partial charge < -0.3 is 10.1 Å². The van der Waals surface area contributed by atoms with Crippen molar-refractivity contribution in [3.63, 3.8) is 0 Å². The van der Waals surface area contributed by atoms with Crippen LogP contribution in [0.15, 0.2) is 42.7 Å². The third kappa shape index (κ3) is 3.75. The van der Waals surface area contributed by atoms with Crippen LogP contribution in [-0.2, 0) is 4.74 Å². The molecule has 0 aliphatic heterocycles. The Hall–Kier alpha value is -2.80.